The van der Waals surface area contributed by atoms with Crippen molar-refractivity contribution in [3.8, 4) is 11.5 Å². The van der Waals surface area contributed by atoms with Crippen molar-refractivity contribution in [2.75, 3.05) is 0 Å². The first-order valence-electron chi connectivity index (χ1n) is 4.21. The maximum absolute atomic E-state index is 11.9. The van der Waals surface area contributed by atoms with E-state index in [1.807, 2.05) is 0 Å². The number of halogens is 3. The summed E-state index contributed by atoms with van der Waals surface area (Å²) in [7, 11) is 0. The minimum absolute atomic E-state index is 0. The topological polar surface area (TPSA) is 40.5 Å². The molecule has 1 rings (SSSR count). The van der Waals surface area contributed by atoms with Crippen LogP contribution in [0.1, 0.15) is 11.1 Å². The molecule has 0 aliphatic heterocycles. The van der Waals surface area contributed by atoms with Gasteiger partial charge in [0.1, 0.15) is 11.5 Å². The number of aromatic hydroxyl groups is 2. The number of benzene rings is 1. The van der Waals surface area contributed by atoms with Gasteiger partial charge in [-0.1, -0.05) is 6.08 Å². The summed E-state index contributed by atoms with van der Waals surface area (Å²) in [4.78, 5) is 0. The largest absolute Gasteiger partial charge is 1.00 e. The molecule has 0 radical (unpaired) electrons. The predicted molar refractivity (Wildman–Crippen MR) is 52.6 cm³/mol. The van der Waals surface area contributed by atoms with Crippen LogP contribution >= 0.6 is 0 Å². The van der Waals surface area contributed by atoms with E-state index in [9.17, 15) is 23.2 Å². The number of phenols is 2. The second-order valence-electron chi connectivity index (χ2n) is 3.20. The molecule has 16 heavy (non-hydrogen) atoms. The molecule has 2 N–H and O–H groups in total. The van der Waals surface area contributed by atoms with Gasteiger partial charge in [-0.3, -0.25) is 0 Å². The Bertz CT molecular complexity index is 381. The van der Waals surface area contributed by atoms with Crippen LogP contribution in [0.4, 0.5) is 12.9 Å². The molecule has 0 fully saturated rings. The van der Waals surface area contributed by atoms with Crippen LogP contribution in [0.3, 0.4) is 0 Å². The van der Waals surface area contributed by atoms with Gasteiger partial charge in [0.25, 0.3) is 0 Å². The van der Waals surface area contributed by atoms with Crippen LogP contribution in [0.25, 0.3) is 6.08 Å². The molecule has 0 saturated carbocycles. The molecule has 82 valence electrons. The van der Waals surface area contributed by atoms with Crippen LogP contribution in [-0.4, -0.2) is 17.2 Å². The van der Waals surface area contributed by atoms with E-state index in [2.05, 4.69) is 0 Å². The van der Waals surface area contributed by atoms with Crippen molar-refractivity contribution < 1.29 is 74.5 Å². The minimum atomic E-state index is -5.07. The van der Waals surface area contributed by atoms with E-state index >= 15 is 0 Å². The van der Waals surface area contributed by atoms with Crippen molar-refractivity contribution >= 4 is 13.1 Å². The average molecular weight is 256 g/mol. The Morgan fingerprint density at radius 2 is 1.56 bits per heavy atom. The summed E-state index contributed by atoms with van der Waals surface area (Å²) in [6.07, 6.45) is 0.657. The Kier molecular flexibility index (Phi) is 6.13. The monoisotopic (exact) mass is 256 g/mol. The maximum Gasteiger partial charge on any atom is 1.00 e. The molecule has 1 aromatic rings. The molecule has 0 saturated heterocycles. The van der Waals surface area contributed by atoms with E-state index in [1.54, 1.807) is 6.92 Å². The predicted octanol–water partition coefficient (Wildman–Crippen LogP) is -0.190. The molecular weight excluding hydrogens is 247 g/mol. The van der Waals surface area contributed by atoms with Crippen LogP contribution < -0.4 is 51.4 Å². The van der Waals surface area contributed by atoms with E-state index in [4.69, 9.17) is 0 Å². The number of phenolic OH excluding ortho intramolecular Hbond substituents is 2. The van der Waals surface area contributed by atoms with Crippen molar-refractivity contribution in [3.63, 3.8) is 0 Å². The third-order valence-corrected chi connectivity index (χ3v) is 1.76. The van der Waals surface area contributed by atoms with E-state index in [0.717, 1.165) is 0 Å². The quantitative estimate of drug-likeness (QED) is 0.720. The molecule has 0 spiro atoms. The molecular formula is C9H9BF3KO2. The summed E-state index contributed by atoms with van der Waals surface area (Å²) in [5.74, 6) is -0.725. The third-order valence-electron chi connectivity index (χ3n) is 1.76. The van der Waals surface area contributed by atoms with Gasteiger partial charge in [-0.05, 0) is 24.6 Å². The van der Waals surface area contributed by atoms with Gasteiger partial charge in [-0.25, -0.2) is 0 Å². The summed E-state index contributed by atoms with van der Waals surface area (Å²) in [6, 6.07) is 2.56. The molecule has 0 bridgehead atoms. The van der Waals surface area contributed by atoms with E-state index in [0.29, 0.717) is 11.6 Å². The van der Waals surface area contributed by atoms with Crippen LogP contribution in [0.15, 0.2) is 18.1 Å². The van der Waals surface area contributed by atoms with Gasteiger partial charge in [-0.2, -0.15) is 0 Å². The fourth-order valence-electron chi connectivity index (χ4n) is 1.14. The zero-order chi connectivity index (χ0) is 11.6. The maximum atomic E-state index is 11.9. The first kappa shape index (κ1) is 16.1. The Morgan fingerprint density at radius 3 is 1.94 bits per heavy atom. The summed E-state index contributed by atoms with van der Waals surface area (Å²) in [6.45, 7) is -3.46. The number of hydrogen-bond acceptors (Lipinski definition) is 2. The molecule has 7 heteroatoms. The summed E-state index contributed by atoms with van der Waals surface area (Å²) >= 11 is 0. The van der Waals surface area contributed by atoms with Gasteiger partial charge in [-0.15, -0.1) is 5.98 Å². The second-order valence-corrected chi connectivity index (χ2v) is 3.20. The summed E-state index contributed by atoms with van der Waals surface area (Å²) in [5, 5.41) is 18.6. The average Bonchev–Trinajstić information content (AvgIpc) is 1.99. The zero-order valence-electron chi connectivity index (χ0n) is 8.92. The molecule has 0 aromatic heterocycles. The Hall–Kier alpha value is 0.0513. The van der Waals surface area contributed by atoms with Crippen molar-refractivity contribution in [2.45, 2.75) is 6.92 Å². The van der Waals surface area contributed by atoms with E-state index < -0.39 is 6.98 Å². The number of aryl methyl sites for hydroxylation is 1. The normalized spacial score (nSPS) is 11.5. The molecule has 2 nitrogen and oxygen atoms in total. The van der Waals surface area contributed by atoms with Gasteiger partial charge in [0, 0.05) is 0 Å². The van der Waals surface area contributed by atoms with Crippen molar-refractivity contribution in [3.05, 3.63) is 29.2 Å². The van der Waals surface area contributed by atoms with Gasteiger partial charge in [0.2, 0.25) is 0 Å². The Morgan fingerprint density at radius 1 is 1.12 bits per heavy atom. The Labute approximate surface area is 134 Å². The van der Waals surface area contributed by atoms with Gasteiger partial charge in [0.15, 0.2) is 0 Å². The molecule has 0 aliphatic rings. The van der Waals surface area contributed by atoms with E-state index in [-0.39, 0.29) is 74.4 Å². The number of rotatable bonds is 2. The van der Waals surface area contributed by atoms with E-state index in [1.165, 1.54) is 12.1 Å². The molecule has 0 atom stereocenters. The van der Waals surface area contributed by atoms with Crippen LogP contribution in [-0.2, 0) is 0 Å². The molecule has 0 amide bonds. The first-order valence-corrected chi connectivity index (χ1v) is 4.21. The smallest absolute Gasteiger partial charge is 0.507 e. The SMILES string of the molecule is Cc1cc(O)c(/C=C/[B-](F)(F)F)c(O)c1.[K+]. The zero-order valence-corrected chi connectivity index (χ0v) is 12.0. The third kappa shape index (κ3) is 4.92. The minimum Gasteiger partial charge on any atom is -0.507 e. The van der Waals surface area contributed by atoms with Crippen LogP contribution in [0.2, 0.25) is 0 Å². The van der Waals surface area contributed by atoms with Crippen molar-refractivity contribution in [2.24, 2.45) is 0 Å². The van der Waals surface area contributed by atoms with Gasteiger partial charge in [0.05, 0.1) is 5.56 Å². The second kappa shape index (κ2) is 6.11. The Balaban J connectivity index is 0.00000225. The molecule has 0 aliphatic carbocycles. The summed E-state index contributed by atoms with van der Waals surface area (Å²) in [5.41, 5.74) is 0.347. The fourth-order valence-corrected chi connectivity index (χ4v) is 1.14. The van der Waals surface area contributed by atoms with Crippen molar-refractivity contribution in [1.29, 1.82) is 0 Å². The van der Waals surface area contributed by atoms with Gasteiger partial charge >= 0.3 is 58.4 Å². The molecule has 0 unspecified atom stereocenters. The molecule has 0 heterocycles. The number of hydrogen-bond donors (Lipinski definition) is 2. The van der Waals surface area contributed by atoms with Crippen molar-refractivity contribution in [1.82, 2.24) is 0 Å². The first-order chi connectivity index (χ1) is 6.79. The van der Waals surface area contributed by atoms with Crippen LogP contribution in [0, 0.1) is 6.92 Å². The molecule has 1 aromatic carbocycles. The van der Waals surface area contributed by atoms with Gasteiger partial charge < -0.3 is 23.2 Å². The fraction of sp³-hybridized carbons (Fsp3) is 0.111. The standard InChI is InChI=1S/C9H9BF3O2.K/c1-6-4-8(14)7(9(15)5-6)2-3-10(11,12)13;/h2-5,14-15H,1H3;/q-1;+1/b3-2+;. The van der Waals surface area contributed by atoms with Crippen LogP contribution in [0.5, 0.6) is 11.5 Å². The summed E-state index contributed by atoms with van der Waals surface area (Å²) < 4.78 is 35.7.